The van der Waals surface area contributed by atoms with E-state index in [1.54, 1.807) is 0 Å². The fourth-order valence-corrected chi connectivity index (χ4v) is 3.86. The maximum atomic E-state index is 12.6. The number of piperidine rings is 1. The van der Waals surface area contributed by atoms with Crippen LogP contribution in [0.5, 0.6) is 0 Å². The van der Waals surface area contributed by atoms with Crippen molar-refractivity contribution in [1.82, 2.24) is 9.80 Å². The smallest absolute Gasteiger partial charge is 0.237 e. The molecule has 20 heavy (non-hydrogen) atoms. The topological polar surface area (TPSA) is 43.8 Å². The second kappa shape index (κ2) is 7.99. The number of likely N-dealkylation sites (N-methyl/N-ethyl adjacent to an activating group) is 1. The molecular weight excluding hydrogens is 252 g/mol. The van der Waals surface area contributed by atoms with Gasteiger partial charge in [-0.2, -0.15) is 0 Å². The van der Waals surface area contributed by atoms with Crippen molar-refractivity contribution in [3.8, 4) is 0 Å². The first-order valence-corrected chi connectivity index (χ1v) is 8.39. The molecule has 1 heterocycles. The van der Waals surface area contributed by atoms with Crippen LogP contribution in [0.25, 0.3) is 0 Å². The highest BCUT2D eigenvalue weighted by Crippen LogP contribution is 2.35. The van der Waals surface area contributed by atoms with Crippen LogP contribution in [0.3, 0.4) is 0 Å². The summed E-state index contributed by atoms with van der Waals surface area (Å²) in [5.41, 5.74) is 0. The van der Waals surface area contributed by atoms with Crippen LogP contribution in [0.2, 0.25) is 0 Å². The van der Waals surface area contributed by atoms with Gasteiger partial charge >= 0.3 is 0 Å². The summed E-state index contributed by atoms with van der Waals surface area (Å²) in [7, 11) is 0. The van der Waals surface area contributed by atoms with Gasteiger partial charge in [-0.25, -0.2) is 0 Å². The van der Waals surface area contributed by atoms with Gasteiger partial charge in [-0.1, -0.05) is 19.8 Å². The molecule has 1 N–H and O–H groups in total. The molecule has 4 nitrogen and oxygen atoms in total. The zero-order valence-electron chi connectivity index (χ0n) is 12.9. The fraction of sp³-hybridized carbons (Fsp3) is 0.938. The van der Waals surface area contributed by atoms with Crippen LogP contribution in [-0.4, -0.2) is 59.6 Å². The summed E-state index contributed by atoms with van der Waals surface area (Å²) in [6.45, 7) is 5.48. The van der Waals surface area contributed by atoms with Gasteiger partial charge in [-0.3, -0.25) is 9.69 Å². The number of amides is 1. The molecular formula is C16H30N2O2. The summed E-state index contributed by atoms with van der Waals surface area (Å²) in [5, 5.41) is 8.93. The van der Waals surface area contributed by atoms with Crippen molar-refractivity contribution in [2.45, 2.75) is 57.9 Å². The Hall–Kier alpha value is -0.610. The Morgan fingerprint density at radius 1 is 1.25 bits per heavy atom. The third kappa shape index (κ3) is 3.95. The highest BCUT2D eigenvalue weighted by Gasteiger charge is 2.35. The molecule has 1 amide bonds. The molecule has 1 saturated heterocycles. The predicted molar refractivity (Wildman–Crippen MR) is 80.5 cm³/mol. The third-order valence-corrected chi connectivity index (χ3v) is 5.00. The molecule has 2 unspecified atom stereocenters. The van der Waals surface area contributed by atoms with E-state index >= 15 is 0 Å². The first-order valence-electron chi connectivity index (χ1n) is 8.39. The number of hydrogen-bond acceptors (Lipinski definition) is 3. The largest absolute Gasteiger partial charge is 0.396 e. The summed E-state index contributed by atoms with van der Waals surface area (Å²) >= 11 is 0. The van der Waals surface area contributed by atoms with Gasteiger partial charge in [0, 0.05) is 25.7 Å². The Kier molecular flexibility index (Phi) is 6.30. The Morgan fingerprint density at radius 3 is 2.75 bits per heavy atom. The van der Waals surface area contributed by atoms with E-state index in [-0.39, 0.29) is 6.61 Å². The van der Waals surface area contributed by atoms with Gasteiger partial charge in [-0.05, 0) is 44.6 Å². The number of likely N-dealkylation sites (tertiary alicyclic amines) is 1. The molecule has 2 atom stereocenters. The molecule has 1 aliphatic carbocycles. The van der Waals surface area contributed by atoms with Crippen LogP contribution in [0.15, 0.2) is 0 Å². The second-order valence-corrected chi connectivity index (χ2v) is 6.29. The average Bonchev–Trinajstić information content (AvgIpc) is 2.50. The lowest BCUT2D eigenvalue weighted by molar-refractivity contribution is -0.138. The van der Waals surface area contributed by atoms with Crippen molar-refractivity contribution >= 4 is 5.91 Å². The number of aliphatic hydroxyl groups is 1. The molecule has 2 aliphatic rings. The number of fused-ring (bicyclic) bond motifs is 1. The molecule has 0 spiro atoms. The average molecular weight is 282 g/mol. The minimum atomic E-state index is 0.207. The van der Waals surface area contributed by atoms with E-state index in [0.717, 1.165) is 32.0 Å². The molecule has 0 radical (unpaired) electrons. The van der Waals surface area contributed by atoms with Gasteiger partial charge in [0.25, 0.3) is 0 Å². The number of carbonyl (C=O) groups excluding carboxylic acids is 1. The van der Waals surface area contributed by atoms with Crippen molar-refractivity contribution in [2.75, 3.05) is 32.8 Å². The molecule has 4 heteroatoms. The van der Waals surface area contributed by atoms with Crippen molar-refractivity contribution < 1.29 is 9.90 Å². The van der Waals surface area contributed by atoms with E-state index in [1.807, 2.05) is 0 Å². The van der Waals surface area contributed by atoms with Gasteiger partial charge in [0.2, 0.25) is 5.91 Å². The highest BCUT2D eigenvalue weighted by atomic mass is 16.3. The van der Waals surface area contributed by atoms with Crippen molar-refractivity contribution in [3.05, 3.63) is 0 Å². The summed E-state index contributed by atoms with van der Waals surface area (Å²) in [4.78, 5) is 16.9. The van der Waals surface area contributed by atoms with Crippen LogP contribution in [0, 0.1) is 5.92 Å². The summed E-state index contributed by atoms with van der Waals surface area (Å²) in [6.07, 6.45) is 8.41. The number of aliphatic hydroxyl groups excluding tert-OH is 1. The third-order valence-electron chi connectivity index (χ3n) is 5.00. The zero-order chi connectivity index (χ0) is 14.4. The summed E-state index contributed by atoms with van der Waals surface area (Å²) in [6, 6.07) is 0.515. The lowest BCUT2D eigenvalue weighted by Gasteiger charge is -2.44. The van der Waals surface area contributed by atoms with E-state index in [4.69, 9.17) is 5.11 Å². The molecule has 116 valence electrons. The lowest BCUT2D eigenvalue weighted by atomic mass is 9.78. The number of nitrogens with zero attached hydrogens (tertiary/aromatic N) is 2. The van der Waals surface area contributed by atoms with Gasteiger partial charge < -0.3 is 10.0 Å². The standard InChI is InChI=1S/C16H30N2O2/c1-2-17(10-6-12-19)13-16(20)18-11-5-8-14-7-3-4-9-15(14)18/h14-15,19H,2-13H2,1H3. The molecule has 0 bridgehead atoms. The van der Waals surface area contributed by atoms with Gasteiger partial charge in [0.1, 0.15) is 0 Å². The van der Waals surface area contributed by atoms with Crippen LogP contribution < -0.4 is 0 Å². The van der Waals surface area contributed by atoms with E-state index < -0.39 is 0 Å². The second-order valence-electron chi connectivity index (χ2n) is 6.29. The highest BCUT2D eigenvalue weighted by molar-refractivity contribution is 5.78. The van der Waals surface area contributed by atoms with E-state index in [0.29, 0.717) is 18.5 Å². The van der Waals surface area contributed by atoms with Gasteiger partial charge in [-0.15, -0.1) is 0 Å². The van der Waals surface area contributed by atoms with Crippen molar-refractivity contribution in [3.63, 3.8) is 0 Å². The van der Waals surface area contributed by atoms with E-state index in [9.17, 15) is 4.79 Å². The molecule has 0 aromatic carbocycles. The SMILES string of the molecule is CCN(CCCO)CC(=O)N1CCCC2CCCCC21. The van der Waals surface area contributed by atoms with Crippen LogP contribution in [-0.2, 0) is 4.79 Å². The quantitative estimate of drug-likeness (QED) is 0.809. The van der Waals surface area contributed by atoms with Gasteiger partial charge in [0.05, 0.1) is 6.54 Å². The Balaban J connectivity index is 1.89. The Labute approximate surface area is 123 Å². The monoisotopic (exact) mass is 282 g/mol. The zero-order valence-corrected chi connectivity index (χ0v) is 12.9. The summed E-state index contributed by atoms with van der Waals surface area (Å²) in [5.74, 6) is 1.07. The number of carbonyl (C=O) groups is 1. The minimum Gasteiger partial charge on any atom is -0.396 e. The lowest BCUT2D eigenvalue weighted by Crippen LogP contribution is -2.52. The molecule has 2 rings (SSSR count). The maximum absolute atomic E-state index is 12.6. The number of hydrogen-bond donors (Lipinski definition) is 1. The van der Waals surface area contributed by atoms with Crippen molar-refractivity contribution in [2.24, 2.45) is 5.92 Å². The first-order chi connectivity index (χ1) is 9.76. The molecule has 1 aliphatic heterocycles. The van der Waals surface area contributed by atoms with E-state index in [1.165, 1.54) is 38.5 Å². The predicted octanol–water partition coefficient (Wildman–Crippen LogP) is 1.87. The molecule has 2 fully saturated rings. The Morgan fingerprint density at radius 2 is 2.00 bits per heavy atom. The fourth-order valence-electron chi connectivity index (χ4n) is 3.86. The first kappa shape index (κ1) is 15.8. The van der Waals surface area contributed by atoms with Crippen LogP contribution in [0.4, 0.5) is 0 Å². The maximum Gasteiger partial charge on any atom is 0.237 e. The van der Waals surface area contributed by atoms with Crippen LogP contribution >= 0.6 is 0 Å². The summed E-state index contributed by atoms with van der Waals surface area (Å²) < 4.78 is 0. The van der Waals surface area contributed by atoms with E-state index in [2.05, 4.69) is 16.7 Å². The minimum absolute atomic E-state index is 0.207. The van der Waals surface area contributed by atoms with Crippen LogP contribution in [0.1, 0.15) is 51.9 Å². The molecule has 1 saturated carbocycles. The van der Waals surface area contributed by atoms with Gasteiger partial charge in [0.15, 0.2) is 0 Å². The molecule has 0 aromatic rings. The van der Waals surface area contributed by atoms with Crippen molar-refractivity contribution in [1.29, 1.82) is 0 Å². The Bertz CT molecular complexity index is 307. The normalized spacial score (nSPS) is 26.6. The number of rotatable bonds is 6. The molecule has 0 aromatic heterocycles.